The fourth-order valence-corrected chi connectivity index (χ4v) is 2.09. The molecule has 0 spiro atoms. The van der Waals surface area contributed by atoms with Crippen LogP contribution in [0.4, 0.5) is 5.69 Å². The second kappa shape index (κ2) is 8.50. The van der Waals surface area contributed by atoms with Crippen molar-refractivity contribution in [1.29, 1.82) is 5.26 Å². The number of halogens is 3. The lowest BCUT2D eigenvalue weighted by molar-refractivity contribution is 0.824. The Labute approximate surface area is 147 Å². The molecule has 0 atom stereocenters. The second-order valence-electron chi connectivity index (χ2n) is 4.43. The van der Waals surface area contributed by atoms with Crippen LogP contribution in [-0.4, -0.2) is 9.55 Å². The summed E-state index contributed by atoms with van der Waals surface area (Å²) in [6.45, 7) is 0.728. The van der Waals surface area contributed by atoms with E-state index in [4.69, 9.17) is 11.0 Å². The van der Waals surface area contributed by atoms with Crippen LogP contribution in [0.1, 0.15) is 11.1 Å². The number of hydrogen-bond acceptors (Lipinski definition) is 3. The Morgan fingerprint density at radius 1 is 1.05 bits per heavy atom. The maximum atomic E-state index is 8.78. The van der Waals surface area contributed by atoms with Crippen molar-refractivity contribution in [3.05, 3.63) is 59.9 Å². The Balaban J connectivity index is 0.00000147. The monoisotopic (exact) mass is 356 g/mol. The molecule has 4 nitrogen and oxygen atoms in total. The van der Waals surface area contributed by atoms with Crippen molar-refractivity contribution in [3.8, 4) is 6.07 Å². The van der Waals surface area contributed by atoms with Crippen molar-refractivity contribution in [2.24, 2.45) is 0 Å². The fourth-order valence-electron chi connectivity index (χ4n) is 2.09. The van der Waals surface area contributed by atoms with Gasteiger partial charge in [0.15, 0.2) is 0 Å². The molecule has 0 aliphatic heterocycles. The van der Waals surface area contributed by atoms with Crippen LogP contribution >= 0.6 is 37.2 Å². The van der Waals surface area contributed by atoms with E-state index in [1.165, 1.54) is 0 Å². The summed E-state index contributed by atoms with van der Waals surface area (Å²) in [5.41, 5.74) is 10.2. The van der Waals surface area contributed by atoms with Crippen molar-refractivity contribution in [3.63, 3.8) is 0 Å². The summed E-state index contributed by atoms with van der Waals surface area (Å²) in [6, 6.07) is 15.4. The SMILES string of the molecule is Cl.Cl.Cl.N#Cc1ccc(Cn2cnc3cc(N)ccc32)cc1. The lowest BCUT2D eigenvalue weighted by atomic mass is 10.1. The van der Waals surface area contributed by atoms with Crippen LogP contribution in [0.5, 0.6) is 0 Å². The molecule has 0 saturated carbocycles. The minimum atomic E-state index is 0. The number of nitrogens with zero attached hydrogens (tertiary/aromatic N) is 3. The standard InChI is InChI=1S/C15H12N4.3ClH/c16-8-11-1-3-12(4-2-11)9-19-10-18-14-7-13(17)5-6-15(14)19;;;/h1-7,10H,9,17H2;3*1H. The van der Waals surface area contributed by atoms with Crippen LogP contribution in [-0.2, 0) is 6.54 Å². The molecule has 0 unspecified atom stereocenters. The molecule has 22 heavy (non-hydrogen) atoms. The molecule has 7 heteroatoms. The minimum absolute atomic E-state index is 0. The first-order chi connectivity index (χ1) is 9.26. The average Bonchev–Trinajstić information content (AvgIpc) is 2.82. The van der Waals surface area contributed by atoms with Gasteiger partial charge in [-0.3, -0.25) is 0 Å². The average molecular weight is 358 g/mol. The van der Waals surface area contributed by atoms with Gasteiger partial charge in [-0.1, -0.05) is 12.1 Å². The van der Waals surface area contributed by atoms with Gasteiger partial charge in [0.1, 0.15) is 0 Å². The number of nitriles is 1. The molecule has 0 bridgehead atoms. The van der Waals surface area contributed by atoms with Gasteiger partial charge < -0.3 is 10.3 Å². The van der Waals surface area contributed by atoms with E-state index in [1.54, 1.807) is 0 Å². The zero-order valence-corrected chi connectivity index (χ0v) is 13.9. The van der Waals surface area contributed by atoms with Gasteiger partial charge in [0.2, 0.25) is 0 Å². The summed E-state index contributed by atoms with van der Waals surface area (Å²) in [5.74, 6) is 0. The molecule has 0 fully saturated rings. The predicted molar refractivity (Wildman–Crippen MR) is 96.1 cm³/mol. The highest BCUT2D eigenvalue weighted by Gasteiger charge is 2.03. The molecule has 1 aromatic heterocycles. The highest BCUT2D eigenvalue weighted by Crippen LogP contribution is 2.17. The van der Waals surface area contributed by atoms with Crippen LogP contribution in [0.3, 0.4) is 0 Å². The third-order valence-corrected chi connectivity index (χ3v) is 3.08. The Bertz CT molecular complexity index is 776. The molecule has 3 aromatic rings. The number of imidazole rings is 1. The molecular formula is C15H15Cl3N4. The van der Waals surface area contributed by atoms with Gasteiger partial charge in [-0.25, -0.2) is 4.98 Å². The number of anilines is 1. The molecule has 0 radical (unpaired) electrons. The summed E-state index contributed by atoms with van der Waals surface area (Å²) >= 11 is 0. The maximum absolute atomic E-state index is 8.78. The summed E-state index contributed by atoms with van der Waals surface area (Å²) in [4.78, 5) is 4.34. The lowest BCUT2D eigenvalue weighted by Crippen LogP contribution is -1.98. The van der Waals surface area contributed by atoms with Crippen molar-refractivity contribution in [1.82, 2.24) is 9.55 Å². The maximum Gasteiger partial charge on any atom is 0.0991 e. The van der Waals surface area contributed by atoms with Crippen molar-refractivity contribution in [2.75, 3.05) is 5.73 Å². The summed E-state index contributed by atoms with van der Waals surface area (Å²) in [5, 5.41) is 8.78. The minimum Gasteiger partial charge on any atom is -0.399 e. The summed E-state index contributed by atoms with van der Waals surface area (Å²) < 4.78 is 2.07. The largest absolute Gasteiger partial charge is 0.399 e. The molecule has 2 aromatic carbocycles. The molecule has 3 rings (SSSR count). The highest BCUT2D eigenvalue weighted by atomic mass is 35.5. The van der Waals surface area contributed by atoms with Crippen LogP contribution in [0.15, 0.2) is 48.8 Å². The van der Waals surface area contributed by atoms with Crippen molar-refractivity contribution < 1.29 is 0 Å². The van der Waals surface area contributed by atoms with E-state index in [9.17, 15) is 0 Å². The molecular weight excluding hydrogens is 343 g/mol. The molecule has 0 aliphatic rings. The summed E-state index contributed by atoms with van der Waals surface area (Å²) in [7, 11) is 0. The van der Waals surface area contributed by atoms with Crippen molar-refractivity contribution in [2.45, 2.75) is 6.54 Å². The third-order valence-electron chi connectivity index (χ3n) is 3.08. The quantitative estimate of drug-likeness (QED) is 0.709. The van der Waals surface area contributed by atoms with Gasteiger partial charge in [0, 0.05) is 12.2 Å². The Morgan fingerprint density at radius 2 is 1.73 bits per heavy atom. The van der Waals surface area contributed by atoms with Crippen LogP contribution in [0.25, 0.3) is 11.0 Å². The van der Waals surface area contributed by atoms with E-state index in [1.807, 2.05) is 48.8 Å². The van der Waals surface area contributed by atoms with E-state index in [2.05, 4.69) is 15.6 Å². The number of fused-ring (bicyclic) bond motifs is 1. The van der Waals surface area contributed by atoms with Gasteiger partial charge in [0.05, 0.1) is 29.0 Å². The Hall–Kier alpha value is -1.93. The number of hydrogen-bond donors (Lipinski definition) is 1. The van der Waals surface area contributed by atoms with Crippen molar-refractivity contribution >= 4 is 53.9 Å². The first-order valence-electron chi connectivity index (χ1n) is 5.96. The van der Waals surface area contributed by atoms with Crippen LogP contribution < -0.4 is 5.73 Å². The first kappa shape index (κ1) is 20.1. The Morgan fingerprint density at radius 3 is 2.36 bits per heavy atom. The number of rotatable bonds is 2. The number of nitrogen functional groups attached to an aromatic ring is 1. The highest BCUT2D eigenvalue weighted by molar-refractivity contribution is 5.86. The molecule has 1 heterocycles. The summed E-state index contributed by atoms with van der Waals surface area (Å²) in [6.07, 6.45) is 1.81. The molecule has 0 aliphatic carbocycles. The van der Waals surface area contributed by atoms with Gasteiger partial charge in [0.25, 0.3) is 0 Å². The van der Waals surface area contributed by atoms with Crippen LogP contribution in [0, 0.1) is 11.3 Å². The topological polar surface area (TPSA) is 67.6 Å². The van der Waals surface area contributed by atoms with Gasteiger partial charge in [-0.05, 0) is 35.9 Å². The molecule has 0 saturated heterocycles. The number of benzene rings is 2. The smallest absolute Gasteiger partial charge is 0.0991 e. The first-order valence-corrected chi connectivity index (χ1v) is 5.96. The van der Waals surface area contributed by atoms with E-state index >= 15 is 0 Å². The van der Waals surface area contributed by atoms with E-state index in [0.717, 1.165) is 28.8 Å². The normalized spacial score (nSPS) is 9.05. The number of aromatic nitrogens is 2. The molecule has 2 N–H and O–H groups in total. The third kappa shape index (κ3) is 4.05. The zero-order chi connectivity index (χ0) is 13.2. The second-order valence-corrected chi connectivity index (χ2v) is 4.43. The zero-order valence-electron chi connectivity index (χ0n) is 11.5. The fraction of sp³-hybridized carbons (Fsp3) is 0.0667. The predicted octanol–water partition coefficient (Wildman–Crippen LogP) is 3.80. The number of nitrogens with two attached hydrogens (primary N) is 1. The van der Waals surface area contributed by atoms with Gasteiger partial charge >= 0.3 is 0 Å². The van der Waals surface area contributed by atoms with E-state index in [-0.39, 0.29) is 37.2 Å². The molecule has 0 amide bonds. The van der Waals surface area contributed by atoms with Gasteiger partial charge in [-0.15, -0.1) is 37.2 Å². The Kier molecular flexibility index (Phi) is 7.75. The lowest BCUT2D eigenvalue weighted by Gasteiger charge is -2.04. The molecule has 116 valence electrons. The van der Waals surface area contributed by atoms with Crippen LogP contribution in [0.2, 0.25) is 0 Å². The van der Waals surface area contributed by atoms with E-state index < -0.39 is 0 Å². The van der Waals surface area contributed by atoms with Gasteiger partial charge in [-0.2, -0.15) is 5.26 Å². The van der Waals surface area contributed by atoms with E-state index in [0.29, 0.717) is 5.56 Å².